The Bertz CT molecular complexity index is 1290. The average Bonchev–Trinajstić information content (AvgIpc) is 2.84. The zero-order chi connectivity index (χ0) is 25.4. The number of methoxy groups -OCH3 is 2. The third-order valence-electron chi connectivity index (χ3n) is 4.39. The van der Waals surface area contributed by atoms with Crippen molar-refractivity contribution in [2.45, 2.75) is 11.8 Å². The Hall–Kier alpha value is -3.97. The number of para-hydroxylation sites is 1. The van der Waals surface area contributed by atoms with E-state index >= 15 is 0 Å². The molecule has 0 bridgehead atoms. The molecule has 3 rings (SSSR count). The van der Waals surface area contributed by atoms with Crippen LogP contribution in [-0.4, -0.2) is 50.2 Å². The molecule has 0 atom stereocenters. The van der Waals surface area contributed by atoms with Crippen LogP contribution >= 0.6 is 12.2 Å². The predicted molar refractivity (Wildman–Crippen MR) is 134 cm³/mol. The van der Waals surface area contributed by atoms with Crippen LogP contribution in [0.4, 0.5) is 11.5 Å². The second-order valence-corrected chi connectivity index (χ2v) is 8.84. The summed E-state index contributed by atoms with van der Waals surface area (Å²) in [4.78, 5) is 20.4. The Kier molecular flexibility index (Phi) is 8.39. The molecule has 184 valence electrons. The standard InChI is InChI=1S/C22H23N5O6S2/c1-4-33-17-8-6-5-7-16(17)20(28)26-22(34)23-14-9-11-15(12-10-14)35(29,30)27-18-13-19(31-2)25-21(24-18)32-3/h5-13H,4H2,1-3H3,(H,24,25,27)(H2,23,26,28,34). The molecule has 3 aromatic rings. The SMILES string of the molecule is CCOc1ccccc1C(=O)NC(=S)Nc1ccc(S(=O)(=O)Nc2cc(OC)nc(OC)n2)cc1. The maximum absolute atomic E-state index is 12.8. The molecule has 0 unspecified atom stereocenters. The van der Waals surface area contributed by atoms with Crippen LogP contribution < -0.4 is 29.6 Å². The molecule has 35 heavy (non-hydrogen) atoms. The summed E-state index contributed by atoms with van der Waals surface area (Å²) >= 11 is 5.21. The summed E-state index contributed by atoms with van der Waals surface area (Å²) in [6, 6.07) is 13.8. The predicted octanol–water partition coefficient (Wildman–Crippen LogP) is 2.82. The molecule has 0 saturated carbocycles. The molecule has 1 aromatic heterocycles. The van der Waals surface area contributed by atoms with Crippen molar-refractivity contribution in [3.8, 4) is 17.6 Å². The van der Waals surface area contributed by atoms with E-state index in [9.17, 15) is 13.2 Å². The first-order chi connectivity index (χ1) is 16.7. The summed E-state index contributed by atoms with van der Waals surface area (Å²) in [6.45, 7) is 2.23. The van der Waals surface area contributed by atoms with Crippen LogP contribution in [0.2, 0.25) is 0 Å². The van der Waals surface area contributed by atoms with E-state index in [2.05, 4.69) is 25.3 Å². The van der Waals surface area contributed by atoms with Gasteiger partial charge in [0.1, 0.15) is 5.75 Å². The Morgan fingerprint density at radius 1 is 1.03 bits per heavy atom. The maximum atomic E-state index is 12.8. The van der Waals surface area contributed by atoms with E-state index < -0.39 is 15.9 Å². The number of aromatic nitrogens is 2. The summed E-state index contributed by atoms with van der Waals surface area (Å²) in [6.07, 6.45) is 0. The fraction of sp³-hybridized carbons (Fsp3) is 0.182. The van der Waals surface area contributed by atoms with Gasteiger partial charge in [-0.15, -0.1) is 0 Å². The topological polar surface area (TPSA) is 141 Å². The number of ether oxygens (including phenoxy) is 3. The van der Waals surface area contributed by atoms with Gasteiger partial charge in [-0.2, -0.15) is 9.97 Å². The lowest BCUT2D eigenvalue weighted by Crippen LogP contribution is -2.34. The van der Waals surface area contributed by atoms with Gasteiger partial charge >= 0.3 is 6.01 Å². The third-order valence-corrected chi connectivity index (χ3v) is 5.97. The van der Waals surface area contributed by atoms with Gasteiger partial charge < -0.3 is 19.5 Å². The zero-order valence-electron chi connectivity index (χ0n) is 19.1. The second kappa shape index (κ2) is 11.4. The highest BCUT2D eigenvalue weighted by atomic mass is 32.2. The van der Waals surface area contributed by atoms with Gasteiger partial charge in [-0.25, -0.2) is 8.42 Å². The number of benzene rings is 2. The van der Waals surface area contributed by atoms with E-state index in [1.165, 1.54) is 44.6 Å². The van der Waals surface area contributed by atoms with Crippen molar-refractivity contribution in [3.63, 3.8) is 0 Å². The van der Waals surface area contributed by atoms with Gasteiger partial charge in [-0.3, -0.25) is 14.8 Å². The van der Waals surface area contributed by atoms with Crippen molar-refractivity contribution in [2.24, 2.45) is 0 Å². The largest absolute Gasteiger partial charge is 0.493 e. The smallest absolute Gasteiger partial charge is 0.321 e. The number of hydrogen-bond acceptors (Lipinski definition) is 9. The lowest BCUT2D eigenvalue weighted by atomic mass is 10.2. The van der Waals surface area contributed by atoms with Crippen molar-refractivity contribution < 1.29 is 27.4 Å². The molecule has 2 aromatic carbocycles. The highest BCUT2D eigenvalue weighted by molar-refractivity contribution is 7.92. The number of carbonyl (C=O) groups is 1. The highest BCUT2D eigenvalue weighted by Gasteiger charge is 2.17. The fourth-order valence-electron chi connectivity index (χ4n) is 2.83. The number of sulfonamides is 1. The molecule has 11 nitrogen and oxygen atoms in total. The fourth-order valence-corrected chi connectivity index (χ4v) is 4.04. The normalized spacial score (nSPS) is 10.7. The molecule has 3 N–H and O–H groups in total. The first kappa shape index (κ1) is 25.6. The molecule has 0 radical (unpaired) electrons. The summed E-state index contributed by atoms with van der Waals surface area (Å²) < 4.78 is 43.3. The Morgan fingerprint density at radius 2 is 1.74 bits per heavy atom. The van der Waals surface area contributed by atoms with E-state index in [1.54, 1.807) is 24.3 Å². The zero-order valence-corrected chi connectivity index (χ0v) is 20.7. The molecule has 1 amide bonds. The monoisotopic (exact) mass is 517 g/mol. The van der Waals surface area contributed by atoms with Crippen molar-refractivity contribution in [1.82, 2.24) is 15.3 Å². The molecule has 0 aliphatic rings. The molecule has 0 aliphatic carbocycles. The van der Waals surface area contributed by atoms with Gasteiger partial charge in [-0.1, -0.05) is 12.1 Å². The Balaban J connectivity index is 1.66. The summed E-state index contributed by atoms with van der Waals surface area (Å²) in [5, 5.41) is 5.46. The number of amides is 1. The van der Waals surface area contributed by atoms with Crippen LogP contribution in [0.3, 0.4) is 0 Å². The molecule has 13 heteroatoms. The van der Waals surface area contributed by atoms with Crippen molar-refractivity contribution >= 4 is 44.8 Å². The van der Waals surface area contributed by atoms with Gasteiger partial charge in [0.2, 0.25) is 5.88 Å². The molecule has 0 fully saturated rings. The van der Waals surface area contributed by atoms with E-state index in [0.717, 1.165) is 0 Å². The summed E-state index contributed by atoms with van der Waals surface area (Å²) in [7, 11) is -1.23. The van der Waals surface area contributed by atoms with Gasteiger partial charge in [0, 0.05) is 11.8 Å². The lowest BCUT2D eigenvalue weighted by molar-refractivity contribution is 0.0974. The molecular weight excluding hydrogens is 494 g/mol. The minimum absolute atomic E-state index is 0.0212. The molecule has 0 saturated heterocycles. The number of rotatable bonds is 9. The van der Waals surface area contributed by atoms with Gasteiger partial charge in [-0.05, 0) is 55.5 Å². The first-order valence-electron chi connectivity index (χ1n) is 10.2. The van der Waals surface area contributed by atoms with Crippen molar-refractivity contribution in [1.29, 1.82) is 0 Å². The van der Waals surface area contributed by atoms with Crippen LogP contribution in [0.1, 0.15) is 17.3 Å². The lowest BCUT2D eigenvalue weighted by Gasteiger charge is -2.13. The minimum Gasteiger partial charge on any atom is -0.493 e. The highest BCUT2D eigenvalue weighted by Crippen LogP contribution is 2.22. The number of thiocarbonyl (C=S) groups is 1. The first-order valence-corrected chi connectivity index (χ1v) is 12.1. The van der Waals surface area contributed by atoms with Gasteiger partial charge in [0.25, 0.3) is 15.9 Å². The number of carbonyl (C=O) groups excluding carboxylic acids is 1. The Morgan fingerprint density at radius 3 is 2.40 bits per heavy atom. The van der Waals surface area contributed by atoms with E-state index in [4.69, 9.17) is 26.4 Å². The number of hydrogen-bond donors (Lipinski definition) is 3. The third kappa shape index (κ3) is 6.77. The second-order valence-electron chi connectivity index (χ2n) is 6.75. The Labute approximate surface area is 207 Å². The average molecular weight is 518 g/mol. The van der Waals surface area contributed by atoms with Crippen LogP contribution in [0.5, 0.6) is 17.6 Å². The van der Waals surface area contributed by atoms with Crippen LogP contribution in [-0.2, 0) is 10.0 Å². The summed E-state index contributed by atoms with van der Waals surface area (Å²) in [5.41, 5.74) is 0.807. The molecule has 1 heterocycles. The number of anilines is 2. The van der Waals surface area contributed by atoms with Crippen molar-refractivity contribution in [2.75, 3.05) is 30.9 Å². The van der Waals surface area contributed by atoms with Crippen LogP contribution in [0.25, 0.3) is 0 Å². The minimum atomic E-state index is -3.97. The molecule has 0 aliphatic heterocycles. The number of nitrogens with one attached hydrogen (secondary N) is 3. The number of nitrogens with zero attached hydrogens (tertiary/aromatic N) is 2. The summed E-state index contributed by atoms with van der Waals surface area (Å²) in [5.74, 6) is 0.114. The van der Waals surface area contributed by atoms with E-state index in [-0.39, 0.29) is 27.7 Å². The molecule has 0 spiro atoms. The van der Waals surface area contributed by atoms with E-state index in [1.807, 2.05) is 6.92 Å². The van der Waals surface area contributed by atoms with Crippen molar-refractivity contribution in [3.05, 3.63) is 60.2 Å². The van der Waals surface area contributed by atoms with Crippen LogP contribution in [0, 0.1) is 0 Å². The quantitative estimate of drug-likeness (QED) is 0.363. The van der Waals surface area contributed by atoms with Gasteiger partial charge in [0.05, 0.1) is 31.3 Å². The van der Waals surface area contributed by atoms with Crippen LogP contribution in [0.15, 0.2) is 59.5 Å². The maximum Gasteiger partial charge on any atom is 0.321 e. The van der Waals surface area contributed by atoms with Gasteiger partial charge in [0.15, 0.2) is 10.9 Å². The van der Waals surface area contributed by atoms with E-state index in [0.29, 0.717) is 23.6 Å². The molecular formula is C22H23N5O6S2.